The van der Waals surface area contributed by atoms with Crippen molar-refractivity contribution in [3.05, 3.63) is 11.3 Å². The molecule has 0 radical (unpaired) electrons. The van der Waals surface area contributed by atoms with Gasteiger partial charge in [0.15, 0.2) is 17.7 Å². The first-order valence-corrected chi connectivity index (χ1v) is 9.52. The summed E-state index contributed by atoms with van der Waals surface area (Å²) in [5.41, 5.74) is 7.52. The van der Waals surface area contributed by atoms with Crippen LogP contribution in [0.15, 0.2) is 11.3 Å². The normalized spacial score (nSPS) is 55.6. The zero-order valence-electron chi connectivity index (χ0n) is 14.5. The third-order valence-corrected chi connectivity index (χ3v) is 8.77. The van der Waals surface area contributed by atoms with E-state index in [9.17, 15) is 14.0 Å². The fourth-order valence-electron chi connectivity index (χ4n) is 7.41. The van der Waals surface area contributed by atoms with Gasteiger partial charge < -0.3 is 5.73 Å². The van der Waals surface area contributed by atoms with Crippen molar-refractivity contribution < 1.29 is 14.0 Å². The molecule has 0 amide bonds. The lowest BCUT2D eigenvalue weighted by atomic mass is 9.47. The number of rotatable bonds is 0. The molecular weight excluding hydrogens is 305 g/mol. The number of halogens is 1. The Kier molecular flexibility index (Phi) is 2.71. The molecule has 0 aromatic rings. The number of hydrogen-bond acceptors (Lipinski definition) is 3. The number of nitrogens with two attached hydrogens (primary N) is 1. The summed E-state index contributed by atoms with van der Waals surface area (Å²) in [4.78, 5) is 24.8. The third kappa shape index (κ3) is 1.50. The number of ketones is 2. The van der Waals surface area contributed by atoms with Crippen LogP contribution in [0.1, 0.15) is 52.4 Å². The van der Waals surface area contributed by atoms with E-state index in [2.05, 4.69) is 6.92 Å². The number of allylic oxidation sites excluding steroid dienone is 1. The molecule has 4 saturated carbocycles. The Morgan fingerprint density at radius 3 is 2.58 bits per heavy atom. The first-order valence-electron chi connectivity index (χ1n) is 9.52. The topological polar surface area (TPSA) is 60.2 Å². The molecule has 5 rings (SSSR count). The van der Waals surface area contributed by atoms with Crippen LogP contribution in [0, 0.1) is 40.4 Å². The van der Waals surface area contributed by atoms with Gasteiger partial charge in [-0.15, -0.1) is 0 Å². The Labute approximate surface area is 142 Å². The van der Waals surface area contributed by atoms with Gasteiger partial charge in [-0.3, -0.25) is 9.59 Å². The van der Waals surface area contributed by atoms with Crippen LogP contribution in [0.5, 0.6) is 0 Å². The molecule has 4 fully saturated rings. The second kappa shape index (κ2) is 4.31. The summed E-state index contributed by atoms with van der Waals surface area (Å²) in [6, 6.07) is 0. The van der Waals surface area contributed by atoms with Gasteiger partial charge in [0, 0.05) is 11.3 Å². The SMILES string of the molecule is C[C@]12CC[C@H]3[C@@H](CCC4=C(N)C(=O)[C@H]5CC5[C@@]43C)[C@@H]1C[C@@H](F)C2=O. The minimum atomic E-state index is -1.27. The van der Waals surface area contributed by atoms with Crippen molar-refractivity contribution in [1.82, 2.24) is 0 Å². The predicted octanol–water partition coefficient (Wildman–Crippen LogP) is 3.18. The molecule has 0 aliphatic heterocycles. The summed E-state index contributed by atoms with van der Waals surface area (Å²) >= 11 is 0. The quantitative estimate of drug-likeness (QED) is 0.741. The van der Waals surface area contributed by atoms with Gasteiger partial charge in [0.05, 0.1) is 5.70 Å². The molecule has 4 heteroatoms. The summed E-state index contributed by atoms with van der Waals surface area (Å²) in [6.45, 7) is 4.32. The molecule has 5 aliphatic carbocycles. The van der Waals surface area contributed by atoms with Crippen molar-refractivity contribution in [2.75, 3.05) is 0 Å². The zero-order chi connectivity index (χ0) is 17.0. The van der Waals surface area contributed by atoms with E-state index in [1.807, 2.05) is 6.92 Å². The summed E-state index contributed by atoms with van der Waals surface area (Å²) in [5, 5.41) is 0. The van der Waals surface area contributed by atoms with Gasteiger partial charge in [-0.2, -0.15) is 0 Å². The maximum Gasteiger partial charge on any atom is 0.181 e. The highest BCUT2D eigenvalue weighted by Crippen LogP contribution is 2.71. The molecule has 130 valence electrons. The standard InChI is InChI=1S/C20H26FNO2/c1-19-6-5-11-9(13(19)8-15(21)18(19)24)3-4-12-16(22)17(23)10-7-14(10)20(11,12)2/h9-11,13-15H,3-8,22H2,1-2H3/t9-,10+,11+,13+,14?,15-,19+,20-/m1/s1. The lowest BCUT2D eigenvalue weighted by Gasteiger charge is -2.57. The second-order valence-electron chi connectivity index (χ2n) is 9.43. The van der Waals surface area contributed by atoms with Crippen LogP contribution in [0.4, 0.5) is 4.39 Å². The average molecular weight is 331 g/mol. The summed E-state index contributed by atoms with van der Waals surface area (Å²) in [5.74, 6) is 1.62. The molecule has 24 heavy (non-hydrogen) atoms. The number of carbonyl (C=O) groups is 2. The van der Waals surface area contributed by atoms with E-state index in [4.69, 9.17) is 5.73 Å². The Morgan fingerprint density at radius 2 is 1.83 bits per heavy atom. The number of alkyl halides is 1. The maximum atomic E-state index is 14.2. The number of hydrogen-bond donors (Lipinski definition) is 1. The van der Waals surface area contributed by atoms with E-state index in [-0.39, 0.29) is 28.8 Å². The van der Waals surface area contributed by atoms with Crippen LogP contribution >= 0.6 is 0 Å². The van der Waals surface area contributed by atoms with Gasteiger partial charge in [-0.05, 0) is 73.2 Å². The number of carbonyl (C=O) groups excluding carboxylic acids is 2. The minimum absolute atomic E-state index is 0.00432. The molecule has 1 unspecified atom stereocenters. The van der Waals surface area contributed by atoms with Crippen molar-refractivity contribution in [2.45, 2.75) is 58.5 Å². The van der Waals surface area contributed by atoms with E-state index >= 15 is 0 Å². The van der Waals surface area contributed by atoms with Gasteiger partial charge in [-0.25, -0.2) is 4.39 Å². The van der Waals surface area contributed by atoms with Crippen LogP contribution in [-0.4, -0.2) is 17.7 Å². The monoisotopic (exact) mass is 331 g/mol. The molecule has 0 saturated heterocycles. The van der Waals surface area contributed by atoms with Crippen molar-refractivity contribution >= 4 is 11.6 Å². The number of fused-ring (bicyclic) bond motifs is 7. The van der Waals surface area contributed by atoms with Crippen molar-refractivity contribution in [3.8, 4) is 0 Å². The molecule has 8 atom stereocenters. The summed E-state index contributed by atoms with van der Waals surface area (Å²) in [6.07, 6.45) is 3.70. The van der Waals surface area contributed by atoms with Crippen LogP contribution < -0.4 is 5.73 Å². The van der Waals surface area contributed by atoms with E-state index in [1.54, 1.807) is 0 Å². The maximum absolute atomic E-state index is 14.2. The Hall–Kier alpha value is -1.19. The van der Waals surface area contributed by atoms with Gasteiger partial charge in [0.25, 0.3) is 0 Å². The van der Waals surface area contributed by atoms with E-state index in [0.29, 0.717) is 29.9 Å². The molecule has 0 spiro atoms. The largest absolute Gasteiger partial charge is 0.396 e. The van der Waals surface area contributed by atoms with Crippen molar-refractivity contribution in [1.29, 1.82) is 0 Å². The molecule has 0 aromatic carbocycles. The van der Waals surface area contributed by atoms with Gasteiger partial charge >= 0.3 is 0 Å². The van der Waals surface area contributed by atoms with Crippen molar-refractivity contribution in [3.63, 3.8) is 0 Å². The van der Waals surface area contributed by atoms with Crippen LogP contribution in [0.25, 0.3) is 0 Å². The second-order valence-corrected chi connectivity index (χ2v) is 9.43. The molecule has 5 aliphatic rings. The minimum Gasteiger partial charge on any atom is -0.396 e. The van der Waals surface area contributed by atoms with E-state index in [1.165, 1.54) is 5.57 Å². The summed E-state index contributed by atoms with van der Waals surface area (Å²) < 4.78 is 14.2. The first kappa shape index (κ1) is 15.1. The number of Topliss-reactive ketones (excluding diaryl/α,β-unsaturated/α-hetero) is 2. The molecule has 2 N–H and O–H groups in total. The molecule has 0 heterocycles. The summed E-state index contributed by atoms with van der Waals surface area (Å²) in [7, 11) is 0. The van der Waals surface area contributed by atoms with Crippen LogP contribution in [0.2, 0.25) is 0 Å². The van der Waals surface area contributed by atoms with E-state index in [0.717, 1.165) is 32.1 Å². The Morgan fingerprint density at radius 1 is 1.08 bits per heavy atom. The Balaban J connectivity index is 1.58. The van der Waals surface area contributed by atoms with Gasteiger partial charge in [-0.1, -0.05) is 13.8 Å². The lowest BCUT2D eigenvalue weighted by molar-refractivity contribution is -0.135. The Bertz CT molecular complexity index is 700. The average Bonchev–Trinajstić information content (AvgIpc) is 3.32. The first-order chi connectivity index (χ1) is 11.3. The highest BCUT2D eigenvalue weighted by atomic mass is 19.1. The van der Waals surface area contributed by atoms with Gasteiger partial charge in [0.2, 0.25) is 0 Å². The molecule has 0 bridgehead atoms. The molecular formula is C20H26FNO2. The highest BCUT2D eigenvalue weighted by molar-refractivity contribution is 6.00. The smallest absolute Gasteiger partial charge is 0.181 e. The van der Waals surface area contributed by atoms with E-state index < -0.39 is 11.6 Å². The molecule has 3 nitrogen and oxygen atoms in total. The fraction of sp³-hybridized carbons (Fsp3) is 0.800. The van der Waals surface area contributed by atoms with Crippen molar-refractivity contribution in [2.24, 2.45) is 46.2 Å². The molecule has 0 aromatic heterocycles. The third-order valence-electron chi connectivity index (χ3n) is 8.77. The highest BCUT2D eigenvalue weighted by Gasteiger charge is 2.68. The van der Waals surface area contributed by atoms with Crippen LogP contribution in [-0.2, 0) is 9.59 Å². The predicted molar refractivity (Wildman–Crippen MR) is 87.5 cm³/mol. The van der Waals surface area contributed by atoms with Gasteiger partial charge in [0.1, 0.15) is 0 Å². The van der Waals surface area contributed by atoms with Crippen LogP contribution in [0.3, 0.4) is 0 Å². The zero-order valence-corrected chi connectivity index (χ0v) is 14.5. The fourth-order valence-corrected chi connectivity index (χ4v) is 7.41. The lowest BCUT2D eigenvalue weighted by Crippen LogP contribution is -2.52.